The molecule has 70 valence electrons. The number of hydrogen-bond acceptors (Lipinski definition) is 2. The van der Waals surface area contributed by atoms with Crippen molar-refractivity contribution >= 4 is 12.1 Å². The van der Waals surface area contributed by atoms with Crippen molar-refractivity contribution in [1.29, 1.82) is 0 Å². The van der Waals surface area contributed by atoms with Crippen LogP contribution in [-0.2, 0) is 4.79 Å². The molecule has 0 fully saturated rings. The largest absolute Gasteiger partial charge is 0.313 e. The first kappa shape index (κ1) is 9.71. The number of amides is 1. The van der Waals surface area contributed by atoms with Gasteiger partial charge >= 0.3 is 0 Å². The second-order valence-corrected chi connectivity index (χ2v) is 2.86. The highest BCUT2D eigenvalue weighted by Crippen LogP contribution is 2.09. The molecule has 0 spiro atoms. The lowest BCUT2D eigenvalue weighted by atomic mass is 10.3. The Bertz CT molecular complexity index is 248. The summed E-state index contributed by atoms with van der Waals surface area (Å²) < 4.78 is 0. The molecule has 1 heterocycles. The lowest BCUT2D eigenvalue weighted by molar-refractivity contribution is -0.107. The van der Waals surface area contributed by atoms with E-state index in [0.717, 1.165) is 31.5 Å². The molecule has 0 aromatic carbocycles. The molecule has 13 heavy (non-hydrogen) atoms. The van der Waals surface area contributed by atoms with Gasteiger partial charge in [-0.1, -0.05) is 13.3 Å². The summed E-state index contributed by atoms with van der Waals surface area (Å²) in [4.78, 5) is 16.3. The van der Waals surface area contributed by atoms with Crippen LogP contribution in [0.3, 0.4) is 0 Å². The molecule has 3 heteroatoms. The van der Waals surface area contributed by atoms with Gasteiger partial charge in [0.1, 0.15) is 0 Å². The molecule has 0 N–H and O–H groups in total. The number of hydrogen-bond donors (Lipinski definition) is 0. The van der Waals surface area contributed by atoms with E-state index in [1.54, 1.807) is 17.3 Å². The van der Waals surface area contributed by atoms with E-state index in [2.05, 4.69) is 11.9 Å². The van der Waals surface area contributed by atoms with E-state index in [9.17, 15) is 4.79 Å². The SMILES string of the molecule is CCCCN(C=O)c1cccnc1. The number of anilines is 1. The summed E-state index contributed by atoms with van der Waals surface area (Å²) in [5.74, 6) is 0. The summed E-state index contributed by atoms with van der Waals surface area (Å²) in [7, 11) is 0. The zero-order valence-corrected chi connectivity index (χ0v) is 7.81. The molecule has 0 radical (unpaired) electrons. The zero-order valence-electron chi connectivity index (χ0n) is 7.81. The molecule has 3 nitrogen and oxygen atoms in total. The highest BCUT2D eigenvalue weighted by molar-refractivity contribution is 5.74. The van der Waals surface area contributed by atoms with Gasteiger partial charge < -0.3 is 4.90 Å². The van der Waals surface area contributed by atoms with Crippen LogP contribution in [0.4, 0.5) is 5.69 Å². The second-order valence-electron chi connectivity index (χ2n) is 2.86. The first-order valence-electron chi connectivity index (χ1n) is 4.50. The fourth-order valence-corrected chi connectivity index (χ4v) is 1.09. The minimum absolute atomic E-state index is 0.770. The molecule has 0 aliphatic heterocycles. The molecular formula is C10H14N2O. The quantitative estimate of drug-likeness (QED) is 0.644. The fraction of sp³-hybridized carbons (Fsp3) is 0.400. The standard InChI is InChI=1S/C10H14N2O/c1-2-3-7-12(9-13)10-5-4-6-11-8-10/h4-6,8-9H,2-3,7H2,1H3. The maximum atomic E-state index is 10.7. The average Bonchev–Trinajstić information content (AvgIpc) is 2.21. The summed E-state index contributed by atoms with van der Waals surface area (Å²) in [6.45, 7) is 2.87. The van der Waals surface area contributed by atoms with Gasteiger partial charge in [0.05, 0.1) is 11.9 Å². The normalized spacial score (nSPS) is 9.62. The van der Waals surface area contributed by atoms with Gasteiger partial charge in [-0.25, -0.2) is 0 Å². The molecule has 1 aromatic heterocycles. The number of nitrogens with zero attached hydrogens (tertiary/aromatic N) is 2. The monoisotopic (exact) mass is 178 g/mol. The number of carbonyl (C=O) groups excluding carboxylic acids is 1. The van der Waals surface area contributed by atoms with Crippen LogP contribution in [-0.4, -0.2) is 17.9 Å². The lowest BCUT2D eigenvalue weighted by Crippen LogP contribution is -2.22. The Kier molecular flexibility index (Phi) is 3.96. The molecular weight excluding hydrogens is 164 g/mol. The van der Waals surface area contributed by atoms with Crippen molar-refractivity contribution < 1.29 is 4.79 Å². The Balaban J connectivity index is 2.61. The van der Waals surface area contributed by atoms with Gasteiger partial charge in [-0.15, -0.1) is 0 Å². The lowest BCUT2D eigenvalue weighted by Gasteiger charge is -2.15. The van der Waals surface area contributed by atoms with E-state index < -0.39 is 0 Å². The Hall–Kier alpha value is -1.38. The van der Waals surface area contributed by atoms with Crippen molar-refractivity contribution in [1.82, 2.24) is 4.98 Å². The van der Waals surface area contributed by atoms with Gasteiger partial charge in [-0.3, -0.25) is 9.78 Å². The third-order valence-corrected chi connectivity index (χ3v) is 1.86. The van der Waals surface area contributed by atoms with E-state index in [1.807, 2.05) is 12.1 Å². The minimum Gasteiger partial charge on any atom is -0.313 e. The average molecular weight is 178 g/mol. The molecule has 1 aromatic rings. The van der Waals surface area contributed by atoms with Crippen molar-refractivity contribution in [2.45, 2.75) is 19.8 Å². The highest BCUT2D eigenvalue weighted by atomic mass is 16.1. The van der Waals surface area contributed by atoms with Gasteiger partial charge in [0.25, 0.3) is 0 Å². The Morgan fingerprint density at radius 1 is 1.62 bits per heavy atom. The van der Waals surface area contributed by atoms with Crippen LogP contribution < -0.4 is 4.90 Å². The van der Waals surface area contributed by atoms with E-state index in [4.69, 9.17) is 0 Å². The van der Waals surface area contributed by atoms with Gasteiger partial charge in [-0.05, 0) is 18.6 Å². The van der Waals surface area contributed by atoms with E-state index in [0.29, 0.717) is 0 Å². The van der Waals surface area contributed by atoms with Crippen LogP contribution in [0.25, 0.3) is 0 Å². The zero-order chi connectivity index (χ0) is 9.52. The fourth-order valence-electron chi connectivity index (χ4n) is 1.09. The molecule has 1 rings (SSSR count). The molecule has 0 bridgehead atoms. The van der Waals surface area contributed by atoms with Crippen LogP contribution >= 0.6 is 0 Å². The van der Waals surface area contributed by atoms with E-state index in [-0.39, 0.29) is 0 Å². The van der Waals surface area contributed by atoms with Crippen LogP contribution in [0.1, 0.15) is 19.8 Å². The summed E-state index contributed by atoms with van der Waals surface area (Å²) in [5, 5.41) is 0. The van der Waals surface area contributed by atoms with E-state index >= 15 is 0 Å². The van der Waals surface area contributed by atoms with Gasteiger partial charge in [-0.2, -0.15) is 0 Å². The predicted molar refractivity (Wildman–Crippen MR) is 52.6 cm³/mol. The third kappa shape index (κ3) is 2.86. The maximum absolute atomic E-state index is 10.7. The van der Waals surface area contributed by atoms with Crippen molar-refractivity contribution in [3.63, 3.8) is 0 Å². The molecule has 0 saturated carbocycles. The van der Waals surface area contributed by atoms with E-state index in [1.165, 1.54) is 0 Å². The summed E-state index contributed by atoms with van der Waals surface area (Å²) >= 11 is 0. The number of pyridine rings is 1. The van der Waals surface area contributed by atoms with Crippen molar-refractivity contribution in [3.05, 3.63) is 24.5 Å². The Morgan fingerprint density at radius 2 is 2.46 bits per heavy atom. The number of rotatable bonds is 5. The van der Waals surface area contributed by atoms with Gasteiger partial charge in [0.2, 0.25) is 6.41 Å². The minimum atomic E-state index is 0.770. The summed E-state index contributed by atoms with van der Waals surface area (Å²) in [6, 6.07) is 3.72. The maximum Gasteiger partial charge on any atom is 0.214 e. The smallest absolute Gasteiger partial charge is 0.214 e. The summed E-state index contributed by atoms with van der Waals surface area (Å²) in [6.07, 6.45) is 6.36. The number of unbranched alkanes of at least 4 members (excludes halogenated alkanes) is 1. The molecule has 0 unspecified atom stereocenters. The number of aromatic nitrogens is 1. The molecule has 0 atom stereocenters. The topological polar surface area (TPSA) is 33.2 Å². The van der Waals surface area contributed by atoms with Crippen LogP contribution in [0.5, 0.6) is 0 Å². The second kappa shape index (κ2) is 5.30. The predicted octanol–water partition coefficient (Wildman–Crippen LogP) is 1.84. The first-order valence-corrected chi connectivity index (χ1v) is 4.50. The molecule has 1 amide bonds. The highest BCUT2D eigenvalue weighted by Gasteiger charge is 2.02. The number of carbonyl (C=O) groups is 1. The molecule has 0 aliphatic rings. The van der Waals surface area contributed by atoms with Crippen LogP contribution in [0.15, 0.2) is 24.5 Å². The van der Waals surface area contributed by atoms with Crippen molar-refractivity contribution in [2.24, 2.45) is 0 Å². The van der Waals surface area contributed by atoms with Gasteiger partial charge in [0, 0.05) is 12.7 Å². The van der Waals surface area contributed by atoms with Crippen LogP contribution in [0.2, 0.25) is 0 Å². The van der Waals surface area contributed by atoms with Crippen LogP contribution in [0, 0.1) is 0 Å². The third-order valence-electron chi connectivity index (χ3n) is 1.86. The van der Waals surface area contributed by atoms with Gasteiger partial charge in [0.15, 0.2) is 0 Å². The first-order chi connectivity index (χ1) is 6.38. The Labute approximate surface area is 78.4 Å². The Morgan fingerprint density at radius 3 is 3.00 bits per heavy atom. The van der Waals surface area contributed by atoms with Crippen molar-refractivity contribution in [3.8, 4) is 0 Å². The molecule has 0 aliphatic carbocycles. The van der Waals surface area contributed by atoms with Crippen molar-refractivity contribution in [2.75, 3.05) is 11.4 Å². The summed E-state index contributed by atoms with van der Waals surface area (Å²) in [5.41, 5.74) is 0.867. The molecule has 0 saturated heterocycles.